The zero-order chi connectivity index (χ0) is 17.9. The van der Waals surface area contributed by atoms with Crippen LogP contribution in [0.3, 0.4) is 0 Å². The van der Waals surface area contributed by atoms with E-state index in [1.54, 1.807) is 0 Å². The molecule has 1 N–H and O–H groups in total. The first kappa shape index (κ1) is 22.9. The third-order valence-electron chi connectivity index (χ3n) is 4.48. The Morgan fingerprint density at radius 1 is 1.15 bits per heavy atom. The Bertz CT molecular complexity index is 525. The molecule has 1 aliphatic heterocycles. The van der Waals surface area contributed by atoms with Gasteiger partial charge in [0, 0.05) is 37.6 Å². The minimum atomic E-state index is -0.336. The number of alkyl carbamates (subject to hydrolysis) is 1. The van der Waals surface area contributed by atoms with Gasteiger partial charge in [0.2, 0.25) is 0 Å². The number of benzene rings is 1. The van der Waals surface area contributed by atoms with Gasteiger partial charge in [-0.1, -0.05) is 25.5 Å². The van der Waals surface area contributed by atoms with Gasteiger partial charge in [0.15, 0.2) is 0 Å². The molecule has 1 aromatic rings. The number of nitrogens with one attached hydrogen (secondary N) is 1. The van der Waals surface area contributed by atoms with Crippen molar-refractivity contribution in [2.45, 2.75) is 31.1 Å². The van der Waals surface area contributed by atoms with E-state index in [2.05, 4.69) is 51.0 Å². The molecule has 1 aliphatic rings. The average Bonchev–Trinajstić information content (AvgIpc) is 2.65. The second-order valence-corrected chi connectivity index (χ2v) is 7.51. The van der Waals surface area contributed by atoms with Crippen molar-refractivity contribution in [2.75, 3.05) is 57.0 Å². The highest BCUT2D eigenvalue weighted by atomic mass is 35.5. The number of anilines is 1. The van der Waals surface area contributed by atoms with E-state index in [-0.39, 0.29) is 18.5 Å². The van der Waals surface area contributed by atoms with E-state index >= 15 is 0 Å². The maximum Gasteiger partial charge on any atom is 0.406 e. The third-order valence-corrected chi connectivity index (χ3v) is 5.43. The van der Waals surface area contributed by atoms with Crippen molar-refractivity contribution in [3.63, 3.8) is 0 Å². The molecule has 148 valence electrons. The summed E-state index contributed by atoms with van der Waals surface area (Å²) in [6.07, 6.45) is 3.00. The van der Waals surface area contributed by atoms with E-state index in [4.69, 9.17) is 0 Å². The molecule has 1 aromatic carbocycles. The number of hydrogen-bond acceptors (Lipinski definition) is 5. The minimum Gasteiger partial charge on any atom is -0.453 e. The lowest BCUT2D eigenvalue weighted by atomic mass is 10.2. The summed E-state index contributed by atoms with van der Waals surface area (Å²) in [5.74, 6) is 1.11. The van der Waals surface area contributed by atoms with Crippen molar-refractivity contribution >= 4 is 35.9 Å². The first-order valence-corrected chi connectivity index (χ1v) is 10.2. The second kappa shape index (κ2) is 13.1. The van der Waals surface area contributed by atoms with Crippen molar-refractivity contribution in [1.82, 2.24) is 10.2 Å². The van der Waals surface area contributed by atoms with Crippen LogP contribution in [0.5, 0.6) is 0 Å². The molecule has 1 amide bonds. The molecular formula is C19H32ClN3O2S. The van der Waals surface area contributed by atoms with Gasteiger partial charge >= 0.3 is 6.09 Å². The number of piperazine rings is 1. The molecular weight excluding hydrogens is 370 g/mol. The van der Waals surface area contributed by atoms with Crippen LogP contribution in [0.15, 0.2) is 29.2 Å². The SMILES string of the molecule is CCSc1ccccc1N1CCN(CCCCCNC(=O)OC)CC1.Cl. The normalized spacial score (nSPS) is 14.6. The maximum absolute atomic E-state index is 11.0. The molecule has 1 saturated heterocycles. The molecule has 1 fully saturated rings. The summed E-state index contributed by atoms with van der Waals surface area (Å²) in [6.45, 7) is 8.53. The van der Waals surface area contributed by atoms with Crippen LogP contribution in [-0.4, -0.2) is 63.1 Å². The number of rotatable bonds is 9. The molecule has 1 heterocycles. The monoisotopic (exact) mass is 401 g/mol. The van der Waals surface area contributed by atoms with Gasteiger partial charge in [-0.2, -0.15) is 0 Å². The van der Waals surface area contributed by atoms with Gasteiger partial charge in [-0.25, -0.2) is 4.79 Å². The summed E-state index contributed by atoms with van der Waals surface area (Å²) in [4.78, 5) is 17.4. The van der Waals surface area contributed by atoms with Gasteiger partial charge in [0.25, 0.3) is 0 Å². The Hall–Kier alpha value is -1.11. The smallest absolute Gasteiger partial charge is 0.406 e. The van der Waals surface area contributed by atoms with Crippen molar-refractivity contribution < 1.29 is 9.53 Å². The van der Waals surface area contributed by atoms with Gasteiger partial charge in [-0.15, -0.1) is 24.2 Å². The van der Waals surface area contributed by atoms with Gasteiger partial charge in [-0.05, 0) is 37.3 Å². The lowest BCUT2D eigenvalue weighted by molar-refractivity contribution is 0.170. The predicted octanol–water partition coefficient (Wildman–Crippen LogP) is 3.87. The molecule has 0 atom stereocenters. The fourth-order valence-corrected chi connectivity index (χ4v) is 3.94. The van der Waals surface area contributed by atoms with Crippen molar-refractivity contribution in [1.29, 1.82) is 0 Å². The van der Waals surface area contributed by atoms with Gasteiger partial charge in [-0.3, -0.25) is 4.90 Å². The maximum atomic E-state index is 11.0. The van der Waals surface area contributed by atoms with E-state index in [0.717, 1.165) is 51.3 Å². The van der Waals surface area contributed by atoms with Crippen LogP contribution < -0.4 is 10.2 Å². The molecule has 0 unspecified atom stereocenters. The molecule has 0 bridgehead atoms. The highest BCUT2D eigenvalue weighted by Gasteiger charge is 2.18. The van der Waals surface area contributed by atoms with Crippen molar-refractivity contribution in [3.05, 3.63) is 24.3 Å². The quantitative estimate of drug-likeness (QED) is 0.502. The van der Waals surface area contributed by atoms with E-state index in [1.165, 1.54) is 24.1 Å². The number of carbonyl (C=O) groups excluding carboxylic acids is 1. The average molecular weight is 402 g/mol. The number of para-hydroxylation sites is 1. The molecule has 26 heavy (non-hydrogen) atoms. The van der Waals surface area contributed by atoms with Crippen LogP contribution in [0.2, 0.25) is 0 Å². The molecule has 0 saturated carbocycles. The highest BCUT2D eigenvalue weighted by Crippen LogP contribution is 2.30. The molecule has 0 aromatic heterocycles. The third kappa shape index (κ3) is 7.64. The standard InChI is InChI=1S/C19H31N3O2S.ClH/c1-3-25-18-10-6-5-9-17(18)22-15-13-21(14-16-22)12-8-4-7-11-20-19(23)24-2;/h5-6,9-10H,3-4,7-8,11-16H2,1-2H3,(H,20,23);1H. The molecule has 5 nitrogen and oxygen atoms in total. The second-order valence-electron chi connectivity index (χ2n) is 6.21. The largest absolute Gasteiger partial charge is 0.453 e. The Kier molecular flexibility index (Phi) is 11.6. The molecule has 0 aliphatic carbocycles. The number of ether oxygens (including phenoxy) is 1. The topological polar surface area (TPSA) is 44.8 Å². The fraction of sp³-hybridized carbons (Fsp3) is 0.632. The summed E-state index contributed by atoms with van der Waals surface area (Å²) in [6, 6.07) is 8.76. The van der Waals surface area contributed by atoms with Crippen LogP contribution in [0.1, 0.15) is 26.2 Å². The number of halogens is 1. The number of methoxy groups -OCH3 is 1. The highest BCUT2D eigenvalue weighted by molar-refractivity contribution is 7.99. The van der Waals surface area contributed by atoms with Crippen molar-refractivity contribution in [3.8, 4) is 0 Å². The molecule has 0 radical (unpaired) electrons. The Morgan fingerprint density at radius 2 is 1.88 bits per heavy atom. The Labute approximate surface area is 168 Å². The summed E-state index contributed by atoms with van der Waals surface area (Å²) < 4.78 is 4.56. The predicted molar refractivity (Wildman–Crippen MR) is 113 cm³/mol. The summed E-state index contributed by atoms with van der Waals surface area (Å²) in [5.41, 5.74) is 1.39. The first-order chi connectivity index (χ1) is 12.2. The number of unbranched alkanes of at least 4 members (excludes halogenated alkanes) is 2. The van der Waals surface area contributed by atoms with Crippen LogP contribution in [0.25, 0.3) is 0 Å². The molecule has 2 rings (SSSR count). The van der Waals surface area contributed by atoms with Crippen LogP contribution in [0, 0.1) is 0 Å². The number of amides is 1. The van der Waals surface area contributed by atoms with E-state index in [9.17, 15) is 4.79 Å². The minimum absolute atomic E-state index is 0. The zero-order valence-corrected chi connectivity index (χ0v) is 17.5. The van der Waals surface area contributed by atoms with Crippen LogP contribution in [0.4, 0.5) is 10.5 Å². The summed E-state index contributed by atoms with van der Waals surface area (Å²) >= 11 is 1.93. The van der Waals surface area contributed by atoms with E-state index in [0.29, 0.717) is 6.54 Å². The van der Waals surface area contributed by atoms with Gasteiger partial charge in [0.1, 0.15) is 0 Å². The number of thioether (sulfide) groups is 1. The van der Waals surface area contributed by atoms with Gasteiger partial charge in [0.05, 0.1) is 12.8 Å². The van der Waals surface area contributed by atoms with E-state index in [1.807, 2.05) is 11.8 Å². The fourth-order valence-electron chi connectivity index (χ4n) is 3.11. The van der Waals surface area contributed by atoms with Crippen LogP contribution in [-0.2, 0) is 4.74 Å². The number of carbonyl (C=O) groups is 1. The first-order valence-electron chi connectivity index (χ1n) is 9.25. The Balaban J connectivity index is 0.00000338. The summed E-state index contributed by atoms with van der Waals surface area (Å²) in [5, 5.41) is 2.73. The molecule has 0 spiro atoms. The van der Waals surface area contributed by atoms with E-state index < -0.39 is 0 Å². The number of nitrogens with zero attached hydrogens (tertiary/aromatic N) is 2. The van der Waals surface area contributed by atoms with Crippen molar-refractivity contribution in [2.24, 2.45) is 0 Å². The zero-order valence-electron chi connectivity index (χ0n) is 15.9. The Morgan fingerprint density at radius 3 is 2.58 bits per heavy atom. The lowest BCUT2D eigenvalue weighted by Crippen LogP contribution is -2.46. The lowest BCUT2D eigenvalue weighted by Gasteiger charge is -2.37. The van der Waals surface area contributed by atoms with Crippen LogP contribution >= 0.6 is 24.2 Å². The molecule has 7 heteroatoms. The number of hydrogen-bond donors (Lipinski definition) is 1. The summed E-state index contributed by atoms with van der Waals surface area (Å²) in [7, 11) is 1.40. The van der Waals surface area contributed by atoms with Gasteiger partial charge < -0.3 is 15.0 Å².